The average Bonchev–Trinajstić information content (AvgIpc) is 2.99. The zero-order chi connectivity index (χ0) is 10.8. The van der Waals surface area contributed by atoms with Gasteiger partial charge in [-0.1, -0.05) is 49.5 Å². The van der Waals surface area contributed by atoms with E-state index in [1.165, 1.54) is 24.8 Å². The van der Waals surface area contributed by atoms with E-state index in [9.17, 15) is 0 Å². The first kappa shape index (κ1) is 11.9. The largest absolute Gasteiger partial charge is 0.0888 e. The standard InChI is InChI=1S/C12H13Br2Cl/c13-10-5-3-9(12(15)7-10)4-6-11(14)8-1-2-8/h3,5,7-8,11H,1-2,4,6H2. The number of hydrogen-bond donors (Lipinski definition) is 0. The maximum Gasteiger partial charge on any atom is 0.0449 e. The van der Waals surface area contributed by atoms with Crippen LogP contribution in [-0.4, -0.2) is 4.83 Å². The molecule has 0 nitrogen and oxygen atoms in total. The molecule has 0 amide bonds. The number of rotatable bonds is 4. The molecule has 15 heavy (non-hydrogen) atoms. The number of aryl methyl sites for hydroxylation is 1. The molecule has 0 saturated heterocycles. The molecule has 1 aromatic rings. The van der Waals surface area contributed by atoms with Crippen molar-refractivity contribution in [2.75, 3.05) is 0 Å². The lowest BCUT2D eigenvalue weighted by Gasteiger charge is -2.09. The quantitative estimate of drug-likeness (QED) is 0.653. The van der Waals surface area contributed by atoms with Gasteiger partial charge >= 0.3 is 0 Å². The van der Waals surface area contributed by atoms with E-state index >= 15 is 0 Å². The fourth-order valence-corrected chi connectivity index (χ4v) is 3.24. The third-order valence-electron chi connectivity index (χ3n) is 2.84. The predicted octanol–water partition coefficient (Wildman–Crippen LogP) is 5.21. The summed E-state index contributed by atoms with van der Waals surface area (Å²) in [5.41, 5.74) is 1.25. The molecule has 1 aliphatic carbocycles. The Hall–Kier alpha value is 0.470. The molecule has 0 aromatic heterocycles. The van der Waals surface area contributed by atoms with Crippen molar-refractivity contribution in [3.05, 3.63) is 33.3 Å². The molecule has 1 aliphatic rings. The van der Waals surface area contributed by atoms with Crippen LogP contribution in [0, 0.1) is 5.92 Å². The summed E-state index contributed by atoms with van der Waals surface area (Å²) in [5, 5.41) is 0.875. The molecule has 2 rings (SSSR count). The highest BCUT2D eigenvalue weighted by atomic mass is 79.9. The van der Waals surface area contributed by atoms with E-state index in [0.717, 1.165) is 21.8 Å². The van der Waals surface area contributed by atoms with Crippen molar-refractivity contribution in [2.45, 2.75) is 30.5 Å². The Morgan fingerprint density at radius 1 is 1.40 bits per heavy atom. The second-order valence-corrected chi connectivity index (χ2v) is 6.63. The zero-order valence-corrected chi connectivity index (χ0v) is 12.3. The van der Waals surface area contributed by atoms with Crippen LogP contribution in [0.3, 0.4) is 0 Å². The van der Waals surface area contributed by atoms with E-state index in [-0.39, 0.29) is 0 Å². The summed E-state index contributed by atoms with van der Waals surface area (Å²) in [5.74, 6) is 0.916. The second kappa shape index (κ2) is 5.20. The Kier molecular flexibility index (Phi) is 4.14. The summed E-state index contributed by atoms with van der Waals surface area (Å²) in [4.78, 5) is 0.678. The van der Waals surface area contributed by atoms with Crippen LogP contribution in [-0.2, 0) is 6.42 Å². The van der Waals surface area contributed by atoms with Gasteiger partial charge in [0.2, 0.25) is 0 Å². The number of halogens is 3. The molecule has 3 heteroatoms. The van der Waals surface area contributed by atoms with Crippen LogP contribution in [0.25, 0.3) is 0 Å². The van der Waals surface area contributed by atoms with Crippen LogP contribution in [0.1, 0.15) is 24.8 Å². The Morgan fingerprint density at radius 2 is 2.13 bits per heavy atom. The average molecular weight is 352 g/mol. The molecule has 1 atom stereocenters. The fourth-order valence-electron chi connectivity index (χ4n) is 1.71. The van der Waals surface area contributed by atoms with Gasteiger partial charge in [-0.05, 0) is 49.3 Å². The lowest BCUT2D eigenvalue weighted by molar-refractivity contribution is 0.696. The predicted molar refractivity (Wildman–Crippen MR) is 72.9 cm³/mol. The van der Waals surface area contributed by atoms with Gasteiger partial charge < -0.3 is 0 Å². The van der Waals surface area contributed by atoms with Gasteiger partial charge in [-0.3, -0.25) is 0 Å². The molecule has 0 radical (unpaired) electrons. The molecule has 1 unspecified atom stereocenters. The lowest BCUT2D eigenvalue weighted by Crippen LogP contribution is -2.02. The monoisotopic (exact) mass is 350 g/mol. The van der Waals surface area contributed by atoms with E-state index in [1.807, 2.05) is 6.07 Å². The summed E-state index contributed by atoms with van der Waals surface area (Å²) in [6.45, 7) is 0. The molecular weight excluding hydrogens is 339 g/mol. The first-order chi connectivity index (χ1) is 7.16. The molecule has 0 spiro atoms. The van der Waals surface area contributed by atoms with Crippen LogP contribution >= 0.6 is 43.5 Å². The molecule has 1 aromatic carbocycles. The Morgan fingerprint density at radius 3 is 2.73 bits per heavy atom. The zero-order valence-electron chi connectivity index (χ0n) is 8.35. The minimum atomic E-state index is 0.678. The van der Waals surface area contributed by atoms with Gasteiger partial charge in [0.1, 0.15) is 0 Å². The summed E-state index contributed by atoms with van der Waals surface area (Å²) >= 11 is 13.3. The Labute approximate surface area is 113 Å². The Bertz CT molecular complexity index is 347. The van der Waals surface area contributed by atoms with Crippen molar-refractivity contribution in [1.82, 2.24) is 0 Å². The van der Waals surface area contributed by atoms with Gasteiger partial charge in [0, 0.05) is 14.3 Å². The number of alkyl halides is 1. The molecule has 0 aliphatic heterocycles. The fraction of sp³-hybridized carbons (Fsp3) is 0.500. The highest BCUT2D eigenvalue weighted by Gasteiger charge is 2.28. The van der Waals surface area contributed by atoms with Crippen molar-refractivity contribution in [3.8, 4) is 0 Å². The summed E-state index contributed by atoms with van der Waals surface area (Å²) < 4.78 is 1.05. The van der Waals surface area contributed by atoms with Crippen molar-refractivity contribution in [1.29, 1.82) is 0 Å². The smallest absolute Gasteiger partial charge is 0.0449 e. The van der Waals surface area contributed by atoms with E-state index in [4.69, 9.17) is 11.6 Å². The number of hydrogen-bond acceptors (Lipinski definition) is 0. The summed E-state index contributed by atoms with van der Waals surface area (Å²) in [6.07, 6.45) is 5.04. The van der Waals surface area contributed by atoms with Crippen LogP contribution in [0.2, 0.25) is 5.02 Å². The normalized spacial score (nSPS) is 17.8. The molecule has 1 fully saturated rings. The van der Waals surface area contributed by atoms with Gasteiger partial charge in [0.15, 0.2) is 0 Å². The van der Waals surface area contributed by atoms with Crippen molar-refractivity contribution in [3.63, 3.8) is 0 Å². The highest BCUT2D eigenvalue weighted by Crippen LogP contribution is 2.39. The summed E-state index contributed by atoms with van der Waals surface area (Å²) in [6, 6.07) is 6.14. The van der Waals surface area contributed by atoms with Crippen LogP contribution < -0.4 is 0 Å². The molecule has 1 saturated carbocycles. The van der Waals surface area contributed by atoms with Gasteiger partial charge in [0.25, 0.3) is 0 Å². The second-order valence-electron chi connectivity index (χ2n) is 4.13. The van der Waals surface area contributed by atoms with Gasteiger partial charge in [0.05, 0.1) is 0 Å². The van der Waals surface area contributed by atoms with Crippen molar-refractivity contribution >= 4 is 43.5 Å². The van der Waals surface area contributed by atoms with Gasteiger partial charge in [-0.25, -0.2) is 0 Å². The first-order valence-electron chi connectivity index (χ1n) is 5.25. The SMILES string of the molecule is Clc1cc(Br)ccc1CCC(Br)C1CC1. The molecule has 0 bridgehead atoms. The van der Waals surface area contributed by atoms with E-state index in [2.05, 4.69) is 44.0 Å². The van der Waals surface area contributed by atoms with Gasteiger partial charge in [-0.15, -0.1) is 0 Å². The van der Waals surface area contributed by atoms with Crippen molar-refractivity contribution in [2.24, 2.45) is 5.92 Å². The van der Waals surface area contributed by atoms with Crippen LogP contribution in [0.15, 0.2) is 22.7 Å². The van der Waals surface area contributed by atoms with Gasteiger partial charge in [-0.2, -0.15) is 0 Å². The lowest BCUT2D eigenvalue weighted by atomic mass is 10.1. The molecule has 0 heterocycles. The minimum absolute atomic E-state index is 0.678. The van der Waals surface area contributed by atoms with Crippen LogP contribution in [0.4, 0.5) is 0 Å². The van der Waals surface area contributed by atoms with E-state index in [1.54, 1.807) is 0 Å². The van der Waals surface area contributed by atoms with Crippen LogP contribution in [0.5, 0.6) is 0 Å². The maximum atomic E-state index is 6.16. The van der Waals surface area contributed by atoms with E-state index < -0.39 is 0 Å². The Balaban J connectivity index is 1.92. The number of benzene rings is 1. The minimum Gasteiger partial charge on any atom is -0.0888 e. The molecular formula is C12H13Br2Cl. The first-order valence-corrected chi connectivity index (χ1v) is 7.33. The highest BCUT2D eigenvalue weighted by molar-refractivity contribution is 9.10. The summed E-state index contributed by atoms with van der Waals surface area (Å²) in [7, 11) is 0. The topological polar surface area (TPSA) is 0 Å². The van der Waals surface area contributed by atoms with E-state index in [0.29, 0.717) is 4.83 Å². The molecule has 0 N–H and O–H groups in total. The third kappa shape index (κ3) is 3.47. The maximum absolute atomic E-state index is 6.16. The molecule has 82 valence electrons. The third-order valence-corrected chi connectivity index (χ3v) is 4.89. The van der Waals surface area contributed by atoms with Crippen molar-refractivity contribution < 1.29 is 0 Å².